The molecule has 3 N–H and O–H groups in total. The molecule has 1 heterocycles. The highest BCUT2D eigenvalue weighted by atomic mass is 16.2. The molecule has 0 aliphatic carbocycles. The van der Waals surface area contributed by atoms with Gasteiger partial charge >= 0.3 is 0 Å². The summed E-state index contributed by atoms with van der Waals surface area (Å²) in [4.78, 5) is 16.3. The highest BCUT2D eigenvalue weighted by molar-refractivity contribution is 5.81. The lowest BCUT2D eigenvalue weighted by Crippen LogP contribution is -2.49. The van der Waals surface area contributed by atoms with Crippen LogP contribution in [0, 0.1) is 5.92 Å². The second kappa shape index (κ2) is 6.93. The van der Waals surface area contributed by atoms with Gasteiger partial charge in [-0.3, -0.25) is 9.69 Å². The number of amides is 1. The number of hydrogen-bond donors (Lipinski definition) is 2. The summed E-state index contributed by atoms with van der Waals surface area (Å²) >= 11 is 0. The Morgan fingerprint density at radius 3 is 2.41 bits per heavy atom. The minimum atomic E-state index is -0.387. The number of nitrogens with one attached hydrogen (secondary N) is 1. The van der Waals surface area contributed by atoms with Crippen LogP contribution in [0.2, 0.25) is 0 Å². The van der Waals surface area contributed by atoms with E-state index in [9.17, 15) is 4.79 Å². The summed E-state index contributed by atoms with van der Waals surface area (Å²) in [5.74, 6) is 0.160. The van der Waals surface area contributed by atoms with Crippen LogP contribution in [0.15, 0.2) is 0 Å². The maximum Gasteiger partial charge on any atom is 0.237 e. The Morgan fingerprint density at radius 1 is 1.29 bits per heavy atom. The second-order valence-corrected chi connectivity index (χ2v) is 5.21. The van der Waals surface area contributed by atoms with Crippen LogP contribution in [-0.4, -0.2) is 68.1 Å². The first-order valence-electron chi connectivity index (χ1n) is 6.45. The molecule has 1 aliphatic heterocycles. The minimum Gasteiger partial charge on any atom is -0.353 e. The quantitative estimate of drug-likeness (QED) is 0.671. The Labute approximate surface area is 104 Å². The van der Waals surface area contributed by atoms with Crippen molar-refractivity contribution in [3.63, 3.8) is 0 Å². The third kappa shape index (κ3) is 5.02. The highest BCUT2D eigenvalue weighted by Gasteiger charge is 2.17. The monoisotopic (exact) mass is 242 g/mol. The number of rotatable bonds is 5. The third-order valence-electron chi connectivity index (χ3n) is 3.34. The molecule has 5 nitrogen and oxygen atoms in total. The van der Waals surface area contributed by atoms with Gasteiger partial charge in [0, 0.05) is 39.3 Å². The molecule has 17 heavy (non-hydrogen) atoms. The first kappa shape index (κ1) is 14.4. The van der Waals surface area contributed by atoms with Crippen molar-refractivity contribution < 1.29 is 4.79 Å². The largest absolute Gasteiger partial charge is 0.353 e. The van der Waals surface area contributed by atoms with E-state index < -0.39 is 0 Å². The van der Waals surface area contributed by atoms with E-state index in [1.165, 1.54) is 0 Å². The van der Waals surface area contributed by atoms with E-state index in [-0.39, 0.29) is 17.9 Å². The molecule has 0 bridgehead atoms. The fourth-order valence-electron chi connectivity index (χ4n) is 1.83. The van der Waals surface area contributed by atoms with Crippen molar-refractivity contribution in [1.82, 2.24) is 15.1 Å². The van der Waals surface area contributed by atoms with Crippen LogP contribution in [0.5, 0.6) is 0 Å². The zero-order valence-corrected chi connectivity index (χ0v) is 11.3. The number of nitrogens with zero attached hydrogens (tertiary/aromatic N) is 2. The lowest BCUT2D eigenvalue weighted by molar-refractivity contribution is -0.123. The van der Waals surface area contributed by atoms with Gasteiger partial charge in [-0.1, -0.05) is 13.8 Å². The van der Waals surface area contributed by atoms with Gasteiger partial charge in [0.05, 0.1) is 6.04 Å². The van der Waals surface area contributed by atoms with Crippen LogP contribution in [-0.2, 0) is 4.79 Å². The topological polar surface area (TPSA) is 61.6 Å². The van der Waals surface area contributed by atoms with Gasteiger partial charge in [-0.05, 0) is 13.0 Å². The van der Waals surface area contributed by atoms with Gasteiger partial charge in [0.2, 0.25) is 5.91 Å². The van der Waals surface area contributed by atoms with Crippen molar-refractivity contribution in [2.45, 2.75) is 19.9 Å². The van der Waals surface area contributed by atoms with Crippen LogP contribution in [0.25, 0.3) is 0 Å². The molecule has 1 saturated heterocycles. The molecule has 1 aliphatic rings. The molecule has 0 aromatic carbocycles. The van der Waals surface area contributed by atoms with Crippen LogP contribution < -0.4 is 11.1 Å². The first-order chi connectivity index (χ1) is 8.00. The molecule has 1 atom stereocenters. The van der Waals surface area contributed by atoms with Crippen molar-refractivity contribution in [1.29, 1.82) is 0 Å². The average Bonchev–Trinajstić information content (AvgIpc) is 2.30. The van der Waals surface area contributed by atoms with Crippen molar-refractivity contribution in [3.8, 4) is 0 Å². The molecule has 0 aromatic rings. The number of piperazine rings is 1. The van der Waals surface area contributed by atoms with Gasteiger partial charge in [-0.25, -0.2) is 0 Å². The summed E-state index contributed by atoms with van der Waals surface area (Å²) in [6, 6.07) is -0.387. The summed E-state index contributed by atoms with van der Waals surface area (Å²) in [6.45, 7) is 9.94. The zero-order valence-electron chi connectivity index (χ0n) is 11.3. The molecule has 0 spiro atoms. The maximum atomic E-state index is 11.6. The van der Waals surface area contributed by atoms with Crippen molar-refractivity contribution >= 4 is 5.91 Å². The van der Waals surface area contributed by atoms with Crippen molar-refractivity contribution in [3.05, 3.63) is 0 Å². The van der Waals surface area contributed by atoms with E-state index >= 15 is 0 Å². The summed E-state index contributed by atoms with van der Waals surface area (Å²) < 4.78 is 0. The van der Waals surface area contributed by atoms with Gasteiger partial charge in [-0.2, -0.15) is 0 Å². The summed E-state index contributed by atoms with van der Waals surface area (Å²) in [6.07, 6.45) is 0. The summed E-state index contributed by atoms with van der Waals surface area (Å²) in [5, 5.41) is 2.90. The van der Waals surface area contributed by atoms with E-state index in [0.29, 0.717) is 6.54 Å². The van der Waals surface area contributed by atoms with Crippen molar-refractivity contribution in [2.75, 3.05) is 46.3 Å². The standard InChI is InChI=1S/C12H26N4O/c1-10(2)11(13)12(17)14-4-5-16-8-6-15(3)7-9-16/h10-11H,4-9,13H2,1-3H3,(H,14,17)/t11-/m1/s1. The Kier molecular flexibility index (Phi) is 5.88. The maximum absolute atomic E-state index is 11.6. The highest BCUT2D eigenvalue weighted by Crippen LogP contribution is 1.99. The first-order valence-corrected chi connectivity index (χ1v) is 6.45. The van der Waals surface area contributed by atoms with E-state index in [1.807, 2.05) is 13.8 Å². The number of hydrogen-bond acceptors (Lipinski definition) is 4. The molecule has 1 amide bonds. The van der Waals surface area contributed by atoms with Gasteiger partial charge in [0.1, 0.15) is 0 Å². The Balaban J connectivity index is 2.13. The molecule has 5 heteroatoms. The van der Waals surface area contributed by atoms with Crippen molar-refractivity contribution in [2.24, 2.45) is 11.7 Å². The lowest BCUT2D eigenvalue weighted by Gasteiger charge is -2.32. The molecular weight excluding hydrogens is 216 g/mol. The Morgan fingerprint density at radius 2 is 1.88 bits per heavy atom. The molecule has 100 valence electrons. The zero-order chi connectivity index (χ0) is 12.8. The predicted octanol–water partition coefficient (Wildman–Crippen LogP) is -0.667. The lowest BCUT2D eigenvalue weighted by atomic mass is 10.1. The van der Waals surface area contributed by atoms with E-state index in [1.54, 1.807) is 0 Å². The van der Waals surface area contributed by atoms with Gasteiger partial charge < -0.3 is 16.0 Å². The average molecular weight is 242 g/mol. The Hall–Kier alpha value is -0.650. The second-order valence-electron chi connectivity index (χ2n) is 5.21. The number of carbonyl (C=O) groups is 1. The van der Waals surface area contributed by atoms with Gasteiger partial charge in [0.25, 0.3) is 0 Å². The summed E-state index contributed by atoms with van der Waals surface area (Å²) in [7, 11) is 2.14. The molecule has 1 fully saturated rings. The van der Waals surface area contributed by atoms with E-state index in [0.717, 1.165) is 32.7 Å². The third-order valence-corrected chi connectivity index (χ3v) is 3.34. The predicted molar refractivity (Wildman–Crippen MR) is 69.8 cm³/mol. The van der Waals surface area contributed by atoms with Gasteiger partial charge in [0.15, 0.2) is 0 Å². The molecule has 1 rings (SSSR count). The van der Waals surface area contributed by atoms with Crippen LogP contribution in [0.4, 0.5) is 0 Å². The minimum absolute atomic E-state index is 0.0332. The summed E-state index contributed by atoms with van der Waals surface area (Å²) in [5.41, 5.74) is 5.77. The fourth-order valence-corrected chi connectivity index (χ4v) is 1.83. The van der Waals surface area contributed by atoms with Crippen LogP contribution in [0.1, 0.15) is 13.8 Å². The molecule has 0 radical (unpaired) electrons. The SMILES string of the molecule is CC(C)[C@@H](N)C(=O)NCCN1CCN(C)CC1. The van der Waals surface area contributed by atoms with E-state index in [4.69, 9.17) is 5.73 Å². The fraction of sp³-hybridized carbons (Fsp3) is 0.917. The molecule has 0 aromatic heterocycles. The number of likely N-dealkylation sites (N-methyl/N-ethyl adjacent to an activating group) is 1. The molecule has 0 saturated carbocycles. The van der Waals surface area contributed by atoms with Crippen LogP contribution in [0.3, 0.4) is 0 Å². The molecular formula is C12H26N4O. The Bertz CT molecular complexity index is 237. The number of carbonyl (C=O) groups excluding carboxylic acids is 1. The smallest absolute Gasteiger partial charge is 0.237 e. The van der Waals surface area contributed by atoms with E-state index in [2.05, 4.69) is 22.2 Å². The molecule has 0 unspecified atom stereocenters. The van der Waals surface area contributed by atoms with Crippen LogP contribution >= 0.6 is 0 Å². The normalized spacial score (nSPS) is 20.5. The number of nitrogens with two attached hydrogens (primary N) is 1. The van der Waals surface area contributed by atoms with Gasteiger partial charge in [-0.15, -0.1) is 0 Å².